The van der Waals surface area contributed by atoms with E-state index in [0.29, 0.717) is 41.1 Å². The molecule has 1 aliphatic heterocycles. The van der Waals surface area contributed by atoms with Crippen molar-refractivity contribution in [3.8, 4) is 17.2 Å². The molecule has 0 fully saturated rings. The quantitative estimate of drug-likeness (QED) is 0.272. The molecule has 3 heterocycles. The Morgan fingerprint density at radius 2 is 1.88 bits per heavy atom. The Kier molecular flexibility index (Phi) is 8.52. The van der Waals surface area contributed by atoms with Gasteiger partial charge in [-0.15, -0.1) is 0 Å². The number of nitrogens with one attached hydrogen (secondary N) is 1. The Hall–Kier alpha value is -4.00. The zero-order valence-electron chi connectivity index (χ0n) is 22.9. The minimum absolute atomic E-state index is 0.185. The third kappa shape index (κ3) is 7.20. The van der Waals surface area contributed by atoms with Crippen molar-refractivity contribution in [1.29, 1.82) is 0 Å². The maximum absolute atomic E-state index is 13.4. The molecule has 10 nitrogen and oxygen atoms in total. The first-order valence-electron chi connectivity index (χ1n) is 12.9. The van der Waals surface area contributed by atoms with Crippen LogP contribution in [0.25, 0.3) is 0 Å². The van der Waals surface area contributed by atoms with Gasteiger partial charge < -0.3 is 19.1 Å². The number of carbonyl (C=O) groups excluding carboxylic acids is 1. The van der Waals surface area contributed by atoms with Crippen LogP contribution in [0.3, 0.4) is 0 Å². The van der Waals surface area contributed by atoms with E-state index < -0.39 is 9.84 Å². The van der Waals surface area contributed by atoms with Crippen LogP contribution in [0.4, 0.5) is 10.9 Å². The molecule has 5 rings (SSSR count). The molecule has 0 radical (unpaired) electrons. The Bertz CT molecular complexity index is 1630. The Balaban J connectivity index is 1.35. The molecule has 1 aliphatic rings. The van der Waals surface area contributed by atoms with Gasteiger partial charge in [0.05, 0.1) is 23.7 Å². The highest BCUT2D eigenvalue weighted by atomic mass is 32.2. The SMILES string of the molecule is COCC(C)Oc1cc(Oc2ccc(S(C)(=O)=O)cc2)cc(C(=O)Nc2nc3c(s2)CN(c2ccccn2)CC3)c1. The van der Waals surface area contributed by atoms with E-state index in [1.165, 1.54) is 23.5 Å². The largest absolute Gasteiger partial charge is 0.488 e. The van der Waals surface area contributed by atoms with Crippen LogP contribution in [0.2, 0.25) is 0 Å². The number of hydrogen-bond donors (Lipinski definition) is 1. The summed E-state index contributed by atoms with van der Waals surface area (Å²) in [4.78, 5) is 26.0. The van der Waals surface area contributed by atoms with Crippen molar-refractivity contribution >= 4 is 38.0 Å². The molecule has 1 amide bonds. The van der Waals surface area contributed by atoms with Crippen LogP contribution in [-0.2, 0) is 27.5 Å². The third-order valence-electron chi connectivity index (χ3n) is 6.29. The first-order chi connectivity index (χ1) is 19.7. The summed E-state index contributed by atoms with van der Waals surface area (Å²) in [5.74, 6) is 1.74. The number of rotatable bonds is 10. The van der Waals surface area contributed by atoms with Gasteiger partial charge >= 0.3 is 0 Å². The van der Waals surface area contributed by atoms with Crippen molar-refractivity contribution in [2.75, 3.05) is 36.7 Å². The van der Waals surface area contributed by atoms with E-state index in [1.54, 1.807) is 43.6 Å². The summed E-state index contributed by atoms with van der Waals surface area (Å²) >= 11 is 1.45. The zero-order valence-corrected chi connectivity index (χ0v) is 24.5. The molecule has 0 spiro atoms. The lowest BCUT2D eigenvalue weighted by Gasteiger charge is -2.26. The van der Waals surface area contributed by atoms with Gasteiger partial charge in [0.15, 0.2) is 15.0 Å². The summed E-state index contributed by atoms with van der Waals surface area (Å²) in [5, 5.41) is 3.44. The van der Waals surface area contributed by atoms with Crippen LogP contribution in [0.1, 0.15) is 27.9 Å². The summed E-state index contributed by atoms with van der Waals surface area (Å²) in [7, 11) is -1.75. The number of sulfone groups is 1. The summed E-state index contributed by atoms with van der Waals surface area (Å²) < 4.78 is 40.7. The van der Waals surface area contributed by atoms with Crippen molar-refractivity contribution in [3.05, 3.63) is 83.0 Å². The molecule has 4 aromatic rings. The Morgan fingerprint density at radius 3 is 2.59 bits per heavy atom. The molecule has 0 bridgehead atoms. The van der Waals surface area contributed by atoms with E-state index in [-0.39, 0.29) is 16.9 Å². The molecule has 0 aliphatic carbocycles. The highest BCUT2D eigenvalue weighted by molar-refractivity contribution is 7.90. The van der Waals surface area contributed by atoms with Crippen molar-refractivity contribution in [1.82, 2.24) is 9.97 Å². The number of thiazole rings is 1. The normalized spacial score (nSPS) is 13.8. The second kappa shape index (κ2) is 12.2. The number of aromatic nitrogens is 2. The zero-order chi connectivity index (χ0) is 29.0. The van der Waals surface area contributed by atoms with Gasteiger partial charge in [0.1, 0.15) is 29.2 Å². The topological polar surface area (TPSA) is 120 Å². The predicted octanol–water partition coefficient (Wildman–Crippen LogP) is 4.96. The average Bonchev–Trinajstić information content (AvgIpc) is 3.35. The number of nitrogens with zero attached hydrogens (tertiary/aromatic N) is 3. The number of amides is 1. The second-order valence-electron chi connectivity index (χ2n) is 9.63. The number of ether oxygens (including phenoxy) is 3. The molecular formula is C29H30N4O6S2. The first-order valence-corrected chi connectivity index (χ1v) is 15.6. The molecule has 1 N–H and O–H groups in total. The van der Waals surface area contributed by atoms with Crippen molar-refractivity contribution < 1.29 is 27.4 Å². The predicted molar refractivity (Wildman–Crippen MR) is 157 cm³/mol. The third-order valence-corrected chi connectivity index (χ3v) is 8.42. The number of benzene rings is 2. The minimum atomic E-state index is -3.34. The summed E-state index contributed by atoms with van der Waals surface area (Å²) in [6.07, 6.45) is 3.41. The van der Waals surface area contributed by atoms with Gasteiger partial charge in [-0.05, 0) is 55.5 Å². The van der Waals surface area contributed by atoms with E-state index in [2.05, 4.69) is 20.2 Å². The fourth-order valence-electron chi connectivity index (χ4n) is 4.38. The van der Waals surface area contributed by atoms with Crippen LogP contribution in [0, 0.1) is 0 Å². The minimum Gasteiger partial charge on any atom is -0.488 e. The van der Waals surface area contributed by atoms with E-state index in [4.69, 9.17) is 14.2 Å². The molecule has 2 aromatic heterocycles. The molecule has 41 heavy (non-hydrogen) atoms. The number of pyridine rings is 1. The first kappa shape index (κ1) is 28.5. The highest BCUT2D eigenvalue weighted by Gasteiger charge is 2.23. The van der Waals surface area contributed by atoms with Crippen LogP contribution in [0.5, 0.6) is 17.2 Å². The lowest BCUT2D eigenvalue weighted by atomic mass is 10.2. The number of hydrogen-bond acceptors (Lipinski definition) is 10. The maximum Gasteiger partial charge on any atom is 0.257 e. The van der Waals surface area contributed by atoms with Gasteiger partial charge in [-0.1, -0.05) is 17.4 Å². The highest BCUT2D eigenvalue weighted by Crippen LogP contribution is 2.32. The van der Waals surface area contributed by atoms with E-state index in [1.807, 2.05) is 25.1 Å². The second-order valence-corrected chi connectivity index (χ2v) is 12.7. The van der Waals surface area contributed by atoms with Gasteiger partial charge in [-0.3, -0.25) is 10.1 Å². The molecule has 2 aromatic carbocycles. The van der Waals surface area contributed by atoms with Gasteiger partial charge in [0.2, 0.25) is 0 Å². The van der Waals surface area contributed by atoms with Crippen molar-refractivity contribution in [2.24, 2.45) is 0 Å². The van der Waals surface area contributed by atoms with Gasteiger partial charge in [-0.2, -0.15) is 0 Å². The Morgan fingerprint density at radius 1 is 1.10 bits per heavy atom. The van der Waals surface area contributed by atoms with Crippen LogP contribution in [-0.4, -0.2) is 56.9 Å². The maximum atomic E-state index is 13.4. The van der Waals surface area contributed by atoms with Crippen LogP contribution >= 0.6 is 11.3 Å². The van der Waals surface area contributed by atoms with E-state index in [0.717, 1.165) is 35.6 Å². The van der Waals surface area contributed by atoms with Crippen LogP contribution in [0.15, 0.2) is 71.8 Å². The molecule has 12 heteroatoms. The smallest absolute Gasteiger partial charge is 0.257 e. The van der Waals surface area contributed by atoms with Crippen molar-refractivity contribution in [3.63, 3.8) is 0 Å². The number of fused-ring (bicyclic) bond motifs is 1. The van der Waals surface area contributed by atoms with Gasteiger partial charge in [0, 0.05) is 49.0 Å². The fraction of sp³-hybridized carbons (Fsp3) is 0.276. The van der Waals surface area contributed by atoms with E-state index >= 15 is 0 Å². The van der Waals surface area contributed by atoms with E-state index in [9.17, 15) is 13.2 Å². The lowest BCUT2D eigenvalue weighted by Crippen LogP contribution is -2.30. The van der Waals surface area contributed by atoms with Crippen molar-refractivity contribution in [2.45, 2.75) is 30.9 Å². The standard InChI is InChI=1S/C29H30N4O6S2/c1-19(18-37-2)38-22-14-20(15-23(16-22)39-21-7-9-24(10-8-21)41(3,35)36)28(34)32-29-31-25-11-13-33(17-26(25)40-29)27-6-4-5-12-30-27/h4-10,12,14-16,19H,11,13,17-18H2,1-3H3,(H,31,32,34). The monoisotopic (exact) mass is 594 g/mol. The molecule has 0 saturated heterocycles. The average molecular weight is 595 g/mol. The molecule has 1 unspecified atom stereocenters. The molecule has 0 saturated carbocycles. The fourth-order valence-corrected chi connectivity index (χ4v) is 6.03. The summed E-state index contributed by atoms with van der Waals surface area (Å²) in [5.41, 5.74) is 1.29. The Labute approximate surface area is 242 Å². The molecule has 214 valence electrons. The van der Waals surface area contributed by atoms with Gasteiger partial charge in [0.25, 0.3) is 5.91 Å². The number of methoxy groups -OCH3 is 1. The summed E-state index contributed by atoms with van der Waals surface area (Å²) in [6, 6.07) is 16.8. The molecular weight excluding hydrogens is 564 g/mol. The summed E-state index contributed by atoms with van der Waals surface area (Å²) in [6.45, 7) is 3.69. The lowest BCUT2D eigenvalue weighted by molar-refractivity contribution is 0.0916. The number of carbonyl (C=O) groups is 1. The molecule has 1 atom stereocenters. The van der Waals surface area contributed by atoms with Gasteiger partial charge in [-0.25, -0.2) is 18.4 Å². The number of anilines is 2. The van der Waals surface area contributed by atoms with Crippen LogP contribution < -0.4 is 19.7 Å².